The van der Waals surface area contributed by atoms with Crippen LogP contribution in [0.15, 0.2) is 24.3 Å². The summed E-state index contributed by atoms with van der Waals surface area (Å²) in [5, 5.41) is 2.80. The first-order chi connectivity index (χ1) is 14.2. The molecule has 2 aliphatic rings. The number of likely N-dealkylation sites (tertiary alicyclic amines) is 2. The zero-order valence-corrected chi connectivity index (χ0v) is 17.6. The van der Waals surface area contributed by atoms with Crippen molar-refractivity contribution < 1.29 is 9.53 Å². The third-order valence-corrected chi connectivity index (χ3v) is 5.99. The van der Waals surface area contributed by atoms with E-state index in [9.17, 15) is 4.79 Å². The standard InChI is InChI=1S/C24H35N3O2/c1-2-13-25-24(28)22-11-17-27(18-12-22)20-21-7-9-23(10-8-21)29-19-6-16-26-14-4-3-5-15-26/h1,7-10,22H,3-6,11-20H2,(H,25,28). The zero-order chi connectivity index (χ0) is 20.3. The number of nitrogens with one attached hydrogen (secondary N) is 1. The molecule has 5 nitrogen and oxygen atoms in total. The van der Waals surface area contributed by atoms with E-state index in [1.54, 1.807) is 0 Å². The van der Waals surface area contributed by atoms with Crippen LogP contribution < -0.4 is 10.1 Å². The number of hydrogen-bond donors (Lipinski definition) is 1. The Kier molecular flexibility index (Phi) is 8.85. The third kappa shape index (κ3) is 7.38. The van der Waals surface area contributed by atoms with Crippen molar-refractivity contribution in [2.75, 3.05) is 45.9 Å². The number of ether oxygens (including phenoxy) is 1. The predicted molar refractivity (Wildman–Crippen MR) is 117 cm³/mol. The minimum Gasteiger partial charge on any atom is -0.494 e. The van der Waals surface area contributed by atoms with Gasteiger partial charge in [0.05, 0.1) is 13.2 Å². The van der Waals surface area contributed by atoms with Gasteiger partial charge in [-0.3, -0.25) is 9.69 Å². The van der Waals surface area contributed by atoms with Gasteiger partial charge in [0.2, 0.25) is 5.91 Å². The number of amides is 1. The minimum absolute atomic E-state index is 0.0975. The van der Waals surface area contributed by atoms with Gasteiger partial charge in [0, 0.05) is 19.0 Å². The molecule has 1 amide bonds. The smallest absolute Gasteiger partial charge is 0.223 e. The number of hydrogen-bond acceptors (Lipinski definition) is 4. The molecule has 0 aliphatic carbocycles. The molecule has 1 N–H and O–H groups in total. The molecule has 0 atom stereocenters. The van der Waals surface area contributed by atoms with Crippen LogP contribution >= 0.6 is 0 Å². The van der Waals surface area contributed by atoms with Crippen LogP contribution in [-0.2, 0) is 11.3 Å². The van der Waals surface area contributed by atoms with Crippen molar-refractivity contribution in [2.45, 2.75) is 45.1 Å². The largest absolute Gasteiger partial charge is 0.494 e. The van der Waals surface area contributed by atoms with Crippen LogP contribution in [0.2, 0.25) is 0 Å². The Morgan fingerprint density at radius 1 is 1.07 bits per heavy atom. The van der Waals surface area contributed by atoms with Crippen molar-refractivity contribution in [3.8, 4) is 18.1 Å². The van der Waals surface area contributed by atoms with Gasteiger partial charge in [-0.05, 0) is 76.0 Å². The molecule has 3 rings (SSSR count). The second kappa shape index (κ2) is 11.8. The highest BCUT2D eigenvalue weighted by Gasteiger charge is 2.24. The van der Waals surface area contributed by atoms with Gasteiger partial charge in [-0.15, -0.1) is 6.42 Å². The monoisotopic (exact) mass is 397 g/mol. The molecule has 1 aromatic rings. The number of rotatable bonds is 9. The van der Waals surface area contributed by atoms with Crippen molar-refractivity contribution in [3.05, 3.63) is 29.8 Å². The number of carbonyl (C=O) groups is 1. The first-order valence-electron chi connectivity index (χ1n) is 11.1. The number of carbonyl (C=O) groups excluding carboxylic acids is 1. The fraction of sp³-hybridized carbons (Fsp3) is 0.625. The Morgan fingerprint density at radius 2 is 1.79 bits per heavy atom. The molecule has 29 heavy (non-hydrogen) atoms. The first kappa shape index (κ1) is 21.7. The summed E-state index contributed by atoms with van der Waals surface area (Å²) in [5.41, 5.74) is 1.29. The van der Waals surface area contributed by atoms with Gasteiger partial charge < -0.3 is 15.0 Å². The Labute approximate surface area is 175 Å². The molecule has 0 radical (unpaired) electrons. The molecule has 158 valence electrons. The molecule has 0 spiro atoms. The van der Waals surface area contributed by atoms with Crippen molar-refractivity contribution in [1.29, 1.82) is 0 Å². The molecule has 0 saturated carbocycles. The SMILES string of the molecule is C#CCNC(=O)C1CCN(Cc2ccc(OCCCN3CCCCC3)cc2)CC1. The van der Waals surface area contributed by atoms with E-state index < -0.39 is 0 Å². The molecule has 0 bridgehead atoms. The summed E-state index contributed by atoms with van der Waals surface area (Å²) < 4.78 is 5.92. The molecule has 2 saturated heterocycles. The van der Waals surface area contributed by atoms with E-state index in [1.807, 2.05) is 0 Å². The Balaban J connectivity index is 1.32. The van der Waals surface area contributed by atoms with Crippen molar-refractivity contribution in [1.82, 2.24) is 15.1 Å². The summed E-state index contributed by atoms with van der Waals surface area (Å²) >= 11 is 0. The fourth-order valence-electron chi connectivity index (χ4n) is 4.25. The van der Waals surface area contributed by atoms with E-state index in [0.717, 1.165) is 57.8 Å². The summed E-state index contributed by atoms with van der Waals surface area (Å²) in [6.07, 6.45) is 12.2. The van der Waals surface area contributed by atoms with E-state index in [1.165, 1.54) is 37.9 Å². The Bertz CT molecular complexity index is 654. The molecule has 2 heterocycles. The quantitative estimate of drug-likeness (QED) is 0.514. The lowest BCUT2D eigenvalue weighted by Gasteiger charge is -2.31. The molecular weight excluding hydrogens is 362 g/mol. The summed E-state index contributed by atoms with van der Waals surface area (Å²) in [4.78, 5) is 17.0. The zero-order valence-electron chi connectivity index (χ0n) is 17.6. The molecule has 2 aliphatic heterocycles. The van der Waals surface area contributed by atoms with Gasteiger partial charge in [0.1, 0.15) is 5.75 Å². The Morgan fingerprint density at radius 3 is 2.48 bits per heavy atom. The van der Waals surface area contributed by atoms with Gasteiger partial charge in [0.15, 0.2) is 0 Å². The summed E-state index contributed by atoms with van der Waals surface area (Å²) in [6.45, 7) is 7.58. The molecule has 5 heteroatoms. The lowest BCUT2D eigenvalue weighted by molar-refractivity contribution is -0.126. The number of piperidine rings is 2. The maximum absolute atomic E-state index is 12.0. The average Bonchev–Trinajstić information content (AvgIpc) is 2.77. The summed E-state index contributed by atoms with van der Waals surface area (Å²) in [7, 11) is 0. The minimum atomic E-state index is 0.0975. The maximum atomic E-state index is 12.0. The lowest BCUT2D eigenvalue weighted by Crippen LogP contribution is -2.40. The van der Waals surface area contributed by atoms with Gasteiger partial charge >= 0.3 is 0 Å². The lowest BCUT2D eigenvalue weighted by atomic mass is 9.95. The predicted octanol–water partition coefficient (Wildman–Crippen LogP) is 2.90. The van der Waals surface area contributed by atoms with Crippen molar-refractivity contribution in [3.63, 3.8) is 0 Å². The number of benzene rings is 1. The van der Waals surface area contributed by atoms with Crippen LogP contribution in [0.25, 0.3) is 0 Å². The van der Waals surface area contributed by atoms with Crippen LogP contribution in [0.1, 0.15) is 44.1 Å². The Hall–Kier alpha value is -2.03. The average molecular weight is 398 g/mol. The number of nitrogens with zero attached hydrogens (tertiary/aromatic N) is 2. The van der Waals surface area contributed by atoms with Crippen molar-refractivity contribution in [2.24, 2.45) is 5.92 Å². The maximum Gasteiger partial charge on any atom is 0.223 e. The van der Waals surface area contributed by atoms with E-state index in [4.69, 9.17) is 11.2 Å². The summed E-state index contributed by atoms with van der Waals surface area (Å²) in [6, 6.07) is 8.48. The van der Waals surface area contributed by atoms with Crippen LogP contribution in [-0.4, -0.2) is 61.6 Å². The van der Waals surface area contributed by atoms with Crippen molar-refractivity contribution >= 4 is 5.91 Å². The topological polar surface area (TPSA) is 44.8 Å². The van der Waals surface area contributed by atoms with Crippen LogP contribution in [0.5, 0.6) is 5.75 Å². The molecule has 1 aromatic carbocycles. The summed E-state index contributed by atoms with van der Waals surface area (Å²) in [5.74, 6) is 3.61. The first-order valence-corrected chi connectivity index (χ1v) is 11.1. The van der Waals surface area contributed by atoms with Gasteiger partial charge in [-0.1, -0.05) is 24.5 Å². The van der Waals surface area contributed by atoms with E-state index in [0.29, 0.717) is 6.54 Å². The molecule has 2 fully saturated rings. The second-order valence-corrected chi connectivity index (χ2v) is 8.22. The molecule has 0 aromatic heterocycles. The van der Waals surface area contributed by atoms with Gasteiger partial charge in [0.25, 0.3) is 0 Å². The van der Waals surface area contributed by atoms with Crippen LogP contribution in [0.3, 0.4) is 0 Å². The van der Waals surface area contributed by atoms with E-state index >= 15 is 0 Å². The molecule has 0 unspecified atom stereocenters. The van der Waals surface area contributed by atoms with Crippen LogP contribution in [0, 0.1) is 18.3 Å². The third-order valence-electron chi connectivity index (χ3n) is 5.99. The highest BCUT2D eigenvalue weighted by molar-refractivity contribution is 5.78. The highest BCUT2D eigenvalue weighted by Crippen LogP contribution is 2.20. The van der Waals surface area contributed by atoms with E-state index in [2.05, 4.69) is 45.3 Å². The second-order valence-electron chi connectivity index (χ2n) is 8.22. The molecular formula is C24H35N3O2. The highest BCUT2D eigenvalue weighted by atomic mass is 16.5. The number of terminal acetylenes is 1. The van der Waals surface area contributed by atoms with Gasteiger partial charge in [-0.25, -0.2) is 0 Å². The van der Waals surface area contributed by atoms with Gasteiger partial charge in [-0.2, -0.15) is 0 Å². The normalized spacial score (nSPS) is 18.9. The van der Waals surface area contributed by atoms with Crippen LogP contribution in [0.4, 0.5) is 0 Å². The van der Waals surface area contributed by atoms with E-state index in [-0.39, 0.29) is 11.8 Å². The fourth-order valence-corrected chi connectivity index (χ4v) is 4.25.